The van der Waals surface area contributed by atoms with E-state index in [0.29, 0.717) is 0 Å². The van der Waals surface area contributed by atoms with Gasteiger partial charge in [0.2, 0.25) is 0 Å². The molecule has 30 rings (SSSR count). The van der Waals surface area contributed by atoms with Crippen molar-refractivity contribution >= 4 is 174 Å². The van der Waals surface area contributed by atoms with Crippen molar-refractivity contribution in [2.45, 2.75) is 0 Å². The number of benzene rings is 24. The fourth-order valence-corrected chi connectivity index (χ4v) is 23.2. The van der Waals surface area contributed by atoms with Crippen LogP contribution in [0.15, 0.2) is 534 Å². The minimum absolute atomic E-state index is 1.17. The molecule has 0 saturated heterocycles. The summed E-state index contributed by atoms with van der Waals surface area (Å²) in [6.45, 7) is 0. The molecule has 6 aromatic heterocycles. The maximum atomic E-state index is 2.46. The molecule has 0 amide bonds. The van der Waals surface area contributed by atoms with Crippen LogP contribution < -0.4 is 0 Å². The number of hydrogen-bond donors (Lipinski definition) is 0. The largest absolute Gasteiger partial charge is 0.309 e. The quantitative estimate of drug-likeness (QED) is 0.116. The average Bonchev–Trinajstić information content (AvgIpc) is 1.55. The first-order chi connectivity index (χ1) is 70.5. The fourth-order valence-electron chi connectivity index (χ4n) is 23.2. The Bertz CT molecular complexity index is 10300. The Labute approximate surface area is 819 Å². The second-order valence-electron chi connectivity index (χ2n) is 37.3. The van der Waals surface area contributed by atoms with Crippen molar-refractivity contribution in [1.82, 2.24) is 27.4 Å². The van der Waals surface area contributed by atoms with Gasteiger partial charge in [-0.3, -0.25) is 0 Å². The van der Waals surface area contributed by atoms with E-state index in [1.165, 1.54) is 264 Å². The van der Waals surface area contributed by atoms with Gasteiger partial charge < -0.3 is 27.4 Å². The van der Waals surface area contributed by atoms with Crippen molar-refractivity contribution in [3.05, 3.63) is 534 Å². The lowest BCUT2D eigenvalue weighted by Gasteiger charge is -2.14. The highest BCUT2D eigenvalue weighted by atomic mass is 15.0. The first kappa shape index (κ1) is 81.5. The van der Waals surface area contributed by atoms with E-state index in [1.807, 2.05) is 0 Å². The molecule has 0 radical (unpaired) electrons. The maximum absolute atomic E-state index is 2.46. The third-order valence-corrected chi connectivity index (χ3v) is 29.5. The number of fused-ring (bicyclic) bond motifs is 23. The summed E-state index contributed by atoms with van der Waals surface area (Å²) in [5, 5.41) is 25.2. The van der Waals surface area contributed by atoms with Crippen LogP contribution in [0.1, 0.15) is 0 Å². The zero-order valence-corrected chi connectivity index (χ0v) is 77.5. The summed E-state index contributed by atoms with van der Waals surface area (Å²) in [5.41, 5.74) is 33.9. The van der Waals surface area contributed by atoms with Crippen LogP contribution in [0, 0.1) is 0 Å². The number of rotatable bonds is 11. The van der Waals surface area contributed by atoms with Gasteiger partial charge in [-0.1, -0.05) is 382 Å². The Hall–Kier alpha value is -18.9. The monoisotopic (exact) mass is 1800 g/mol. The smallest absolute Gasteiger partial charge is 0.0619 e. The zero-order valence-electron chi connectivity index (χ0n) is 77.5. The Morgan fingerprint density at radius 3 is 0.930 bits per heavy atom. The molecular weight excluding hydrogens is 1720 g/mol. The van der Waals surface area contributed by atoms with E-state index in [-0.39, 0.29) is 0 Å². The molecule has 6 nitrogen and oxygen atoms in total. The summed E-state index contributed by atoms with van der Waals surface area (Å²) in [6, 6.07) is 194. The predicted octanol–water partition coefficient (Wildman–Crippen LogP) is 36.6. The van der Waals surface area contributed by atoms with Gasteiger partial charge in [-0.25, -0.2) is 0 Å². The second-order valence-corrected chi connectivity index (χ2v) is 37.3. The van der Waals surface area contributed by atoms with Crippen molar-refractivity contribution in [3.8, 4) is 89.8 Å². The fraction of sp³-hybridized carbons (Fsp3) is 0. The van der Waals surface area contributed by atoms with Crippen LogP contribution in [0.25, 0.3) is 264 Å². The molecule has 0 unspecified atom stereocenters. The highest BCUT2D eigenvalue weighted by molar-refractivity contribution is 6.21. The number of para-hydroxylation sites is 10. The molecule has 0 aliphatic heterocycles. The van der Waals surface area contributed by atoms with Crippen molar-refractivity contribution in [2.24, 2.45) is 0 Å². The van der Waals surface area contributed by atoms with Crippen molar-refractivity contribution < 1.29 is 0 Å². The van der Waals surface area contributed by atoms with Gasteiger partial charge in [-0.2, -0.15) is 0 Å². The van der Waals surface area contributed by atoms with E-state index >= 15 is 0 Å². The summed E-state index contributed by atoms with van der Waals surface area (Å²) in [6.07, 6.45) is 0. The van der Waals surface area contributed by atoms with E-state index in [9.17, 15) is 0 Å². The SMILES string of the molecule is c1ccc(-c2cccc3c(-n4c5ccccc5c5cc(-c6cccc7c8ccccc8n(-c8ccccc8)c67)ccc54)cccc23)cc1.c1ccc(-c2ccccc2-n2c3ccccc3c3cc(-c4ccc5c(c4)c4ccccc4n5-c4ccc5ccccc5c4)ccc32)cc1.c1ccc(-n2c3ccccc3c3cc(-c4ccc5c(c4)c4ccccc4n5-c4cc5ccccc5c5ccccc45)ccc32)cc1. The number of nitrogens with zero attached hydrogens (tertiary/aromatic N) is 6. The van der Waals surface area contributed by atoms with Crippen LogP contribution in [0.4, 0.5) is 0 Å². The minimum Gasteiger partial charge on any atom is -0.309 e. The maximum Gasteiger partial charge on any atom is 0.0619 e. The van der Waals surface area contributed by atoms with E-state index in [4.69, 9.17) is 0 Å². The lowest BCUT2D eigenvalue weighted by atomic mass is 9.97. The zero-order chi connectivity index (χ0) is 93.4. The molecule has 6 heterocycles. The molecule has 0 aliphatic rings. The molecule has 0 bridgehead atoms. The molecule has 0 spiro atoms. The Morgan fingerprint density at radius 2 is 0.408 bits per heavy atom. The van der Waals surface area contributed by atoms with Crippen LogP contribution in [0.2, 0.25) is 0 Å². The van der Waals surface area contributed by atoms with Crippen LogP contribution >= 0.6 is 0 Å². The van der Waals surface area contributed by atoms with E-state index in [1.54, 1.807) is 0 Å². The topological polar surface area (TPSA) is 29.6 Å². The van der Waals surface area contributed by atoms with Gasteiger partial charge in [-0.05, 0) is 228 Å². The van der Waals surface area contributed by atoms with E-state index in [0.717, 1.165) is 0 Å². The van der Waals surface area contributed by atoms with Gasteiger partial charge in [0.05, 0.1) is 83.3 Å². The van der Waals surface area contributed by atoms with Crippen LogP contribution in [-0.4, -0.2) is 27.4 Å². The second kappa shape index (κ2) is 33.5. The van der Waals surface area contributed by atoms with Crippen molar-refractivity contribution in [3.63, 3.8) is 0 Å². The molecule has 662 valence electrons. The number of hydrogen-bond acceptors (Lipinski definition) is 0. The van der Waals surface area contributed by atoms with E-state index < -0.39 is 0 Å². The third-order valence-electron chi connectivity index (χ3n) is 29.5. The van der Waals surface area contributed by atoms with Gasteiger partial charge in [-0.15, -0.1) is 0 Å². The predicted molar refractivity (Wildman–Crippen MR) is 603 cm³/mol. The average molecular weight is 1810 g/mol. The summed E-state index contributed by atoms with van der Waals surface area (Å²) in [4.78, 5) is 0. The van der Waals surface area contributed by atoms with Crippen molar-refractivity contribution in [2.75, 3.05) is 0 Å². The summed E-state index contributed by atoms with van der Waals surface area (Å²) < 4.78 is 14.5. The molecule has 30 aromatic rings. The van der Waals surface area contributed by atoms with Gasteiger partial charge in [0.25, 0.3) is 0 Å². The first-order valence-corrected chi connectivity index (χ1v) is 48.9. The molecule has 0 N–H and O–H groups in total. The van der Waals surface area contributed by atoms with Gasteiger partial charge in [0.1, 0.15) is 0 Å². The molecule has 24 aromatic carbocycles. The number of aromatic nitrogens is 6. The van der Waals surface area contributed by atoms with Crippen LogP contribution in [-0.2, 0) is 0 Å². The van der Waals surface area contributed by atoms with Crippen molar-refractivity contribution in [1.29, 1.82) is 0 Å². The summed E-state index contributed by atoms with van der Waals surface area (Å²) in [5.74, 6) is 0. The van der Waals surface area contributed by atoms with Gasteiger partial charge in [0.15, 0.2) is 0 Å². The highest BCUT2D eigenvalue weighted by Gasteiger charge is 2.25. The Balaban J connectivity index is 0.000000104. The highest BCUT2D eigenvalue weighted by Crippen LogP contribution is 2.48. The normalized spacial score (nSPS) is 11.8. The van der Waals surface area contributed by atoms with E-state index in [2.05, 4.69) is 561 Å². The molecule has 0 aliphatic carbocycles. The molecule has 0 atom stereocenters. The standard InChI is InChI=1S/2C46H30N2.C44H28N2/c1-3-14-31(15-4-1)34-20-11-23-37-36(34)22-13-27-44(37)48-43-26-10-8-19-39(43)41-30-32(28-29-45(41)48)35-21-12-24-40-38-18-7-9-25-42(38)47(46(35)40)33-16-5-2-6-17-33;1-2-13-32(14-3-1)37-16-6-9-19-42(37)48-44-21-11-8-18-39(44)41-30-35(24-27-46(41)48)34-23-26-45-40(29-34)38-17-7-10-20-43(38)47(45)36-25-22-31-12-4-5-15-33(31)28-36;1-2-13-32(14-3-1)45-40-20-10-8-18-36(40)38-26-29(22-24-42(38)45)30-23-25-43-39(27-30)37-19-9-11-21-41(37)46(43)44-28-31-12-4-5-15-33(31)34-16-6-7-17-35(34)44/h2*1-30H;1-28H. The van der Waals surface area contributed by atoms with Crippen LogP contribution in [0.3, 0.4) is 0 Å². The summed E-state index contributed by atoms with van der Waals surface area (Å²) >= 11 is 0. The molecule has 0 saturated carbocycles. The summed E-state index contributed by atoms with van der Waals surface area (Å²) in [7, 11) is 0. The van der Waals surface area contributed by atoms with Gasteiger partial charge >= 0.3 is 0 Å². The van der Waals surface area contributed by atoms with Crippen LogP contribution in [0.5, 0.6) is 0 Å². The molecule has 6 heteroatoms. The first-order valence-electron chi connectivity index (χ1n) is 48.9. The third kappa shape index (κ3) is 13.3. The molecule has 0 fully saturated rings. The molecule has 142 heavy (non-hydrogen) atoms. The Morgan fingerprint density at radius 1 is 0.106 bits per heavy atom. The minimum atomic E-state index is 1.17. The lowest BCUT2D eigenvalue weighted by Crippen LogP contribution is -1.97. The molecular formula is C136H88N6. The van der Waals surface area contributed by atoms with Gasteiger partial charge in [0, 0.05) is 104 Å². The lowest BCUT2D eigenvalue weighted by molar-refractivity contribution is 1.18. The Kier molecular flexibility index (Phi) is 19.2.